The molecule has 0 saturated heterocycles. The number of carbonyl (C=O) groups is 2. The summed E-state index contributed by atoms with van der Waals surface area (Å²) in [6.07, 6.45) is -4.83. The number of ketones is 1. The minimum absolute atomic E-state index is 0.300. The summed E-state index contributed by atoms with van der Waals surface area (Å²) in [5.74, 6) is -3.22. The average Bonchev–Trinajstić information content (AvgIpc) is 2.65. The normalized spacial score (nSPS) is 13.3. The lowest BCUT2D eigenvalue weighted by Gasteiger charge is -2.21. The molecule has 2 aromatic rings. The molecule has 0 aliphatic heterocycles. The molecule has 0 aliphatic rings. The number of nitrogens with one attached hydrogen (secondary N) is 1. The van der Waals surface area contributed by atoms with Crippen LogP contribution in [0.2, 0.25) is 0 Å². The Morgan fingerprint density at radius 3 is 2.21 bits per heavy atom. The van der Waals surface area contributed by atoms with E-state index in [0.717, 1.165) is 0 Å². The Morgan fingerprint density at radius 1 is 1.07 bits per heavy atom. The van der Waals surface area contributed by atoms with Gasteiger partial charge in [0.25, 0.3) is 5.91 Å². The standard InChI is InChI=1S/C20H16F4N2O2/c1-11(18(27)14-5-3-13(10-25)4-6-14)12(2)26-19(28)16-9-15(21)7-8-17(16)20(22,23)24/h3-9,11-12H,1-2H3,(H,26,28). The van der Waals surface area contributed by atoms with E-state index < -0.39 is 41.0 Å². The second-order valence-corrected chi connectivity index (χ2v) is 6.29. The second-order valence-electron chi connectivity index (χ2n) is 6.29. The van der Waals surface area contributed by atoms with Crippen LogP contribution in [0.15, 0.2) is 42.5 Å². The van der Waals surface area contributed by atoms with Crippen LogP contribution >= 0.6 is 0 Å². The molecule has 0 saturated carbocycles. The second kappa shape index (κ2) is 8.21. The van der Waals surface area contributed by atoms with Gasteiger partial charge in [-0.1, -0.05) is 19.1 Å². The molecule has 0 spiro atoms. The monoisotopic (exact) mass is 392 g/mol. The third-order valence-corrected chi connectivity index (χ3v) is 4.35. The van der Waals surface area contributed by atoms with Gasteiger partial charge in [-0.25, -0.2) is 4.39 Å². The zero-order valence-corrected chi connectivity index (χ0v) is 15.0. The molecule has 8 heteroatoms. The Kier molecular flexibility index (Phi) is 6.19. The van der Waals surface area contributed by atoms with Crippen molar-refractivity contribution >= 4 is 11.7 Å². The highest BCUT2D eigenvalue weighted by Crippen LogP contribution is 2.32. The van der Waals surface area contributed by atoms with Gasteiger partial charge in [0.15, 0.2) is 5.78 Å². The van der Waals surface area contributed by atoms with Gasteiger partial charge in [-0.05, 0) is 37.3 Å². The van der Waals surface area contributed by atoms with E-state index in [1.54, 1.807) is 0 Å². The lowest BCUT2D eigenvalue weighted by molar-refractivity contribution is -0.138. The van der Waals surface area contributed by atoms with Crippen molar-refractivity contribution in [3.63, 3.8) is 0 Å². The first-order valence-electron chi connectivity index (χ1n) is 8.26. The molecule has 0 aliphatic carbocycles. The fourth-order valence-corrected chi connectivity index (χ4v) is 2.56. The molecule has 146 valence electrons. The molecular weight excluding hydrogens is 376 g/mol. The third kappa shape index (κ3) is 4.74. The first kappa shape index (κ1) is 21.1. The Balaban J connectivity index is 2.19. The molecule has 4 nitrogen and oxygen atoms in total. The zero-order chi connectivity index (χ0) is 21.1. The van der Waals surface area contributed by atoms with Crippen molar-refractivity contribution in [1.29, 1.82) is 5.26 Å². The number of carbonyl (C=O) groups excluding carboxylic acids is 2. The van der Waals surface area contributed by atoms with Crippen LogP contribution in [-0.2, 0) is 6.18 Å². The lowest BCUT2D eigenvalue weighted by atomic mass is 9.92. The summed E-state index contributed by atoms with van der Waals surface area (Å²) in [5.41, 5.74) is -1.44. The highest BCUT2D eigenvalue weighted by atomic mass is 19.4. The highest BCUT2D eigenvalue weighted by Gasteiger charge is 2.36. The van der Waals surface area contributed by atoms with Gasteiger partial charge >= 0.3 is 6.18 Å². The summed E-state index contributed by atoms with van der Waals surface area (Å²) in [6, 6.07) is 8.58. The van der Waals surface area contributed by atoms with Crippen LogP contribution in [0.3, 0.4) is 0 Å². The van der Waals surface area contributed by atoms with Gasteiger partial charge in [0.2, 0.25) is 0 Å². The molecule has 1 amide bonds. The highest BCUT2D eigenvalue weighted by molar-refractivity contribution is 5.99. The van der Waals surface area contributed by atoms with Crippen molar-refractivity contribution < 1.29 is 27.2 Å². The molecule has 28 heavy (non-hydrogen) atoms. The molecule has 0 aromatic heterocycles. The molecular formula is C20H16F4N2O2. The predicted molar refractivity (Wildman–Crippen MR) is 93.0 cm³/mol. The van der Waals surface area contributed by atoms with E-state index >= 15 is 0 Å². The summed E-state index contributed by atoms with van der Waals surface area (Å²) >= 11 is 0. The van der Waals surface area contributed by atoms with Gasteiger partial charge in [-0.3, -0.25) is 9.59 Å². The number of rotatable bonds is 5. The van der Waals surface area contributed by atoms with Crippen LogP contribution in [0.1, 0.15) is 45.7 Å². The molecule has 2 rings (SSSR count). The van der Waals surface area contributed by atoms with E-state index in [0.29, 0.717) is 29.3 Å². The smallest absolute Gasteiger partial charge is 0.349 e. The predicted octanol–water partition coefficient (Wildman–Crippen LogP) is 4.35. The SMILES string of the molecule is CC(NC(=O)c1cc(F)ccc1C(F)(F)F)C(C)C(=O)c1ccc(C#N)cc1. The zero-order valence-electron chi connectivity index (χ0n) is 15.0. The molecule has 2 unspecified atom stereocenters. The van der Waals surface area contributed by atoms with Crippen LogP contribution in [0.5, 0.6) is 0 Å². The summed E-state index contributed by atoms with van der Waals surface area (Å²) in [5, 5.41) is 11.1. The van der Waals surface area contributed by atoms with E-state index in [4.69, 9.17) is 5.26 Å². The molecule has 2 aromatic carbocycles. The number of hydrogen-bond acceptors (Lipinski definition) is 3. The van der Waals surface area contributed by atoms with Crippen molar-refractivity contribution in [2.45, 2.75) is 26.1 Å². The number of benzene rings is 2. The maximum absolute atomic E-state index is 13.4. The van der Waals surface area contributed by atoms with Gasteiger partial charge < -0.3 is 5.32 Å². The van der Waals surface area contributed by atoms with Crippen LogP contribution in [0, 0.1) is 23.1 Å². The van der Waals surface area contributed by atoms with E-state index in [2.05, 4.69) is 5.32 Å². The molecule has 0 radical (unpaired) electrons. The Hall–Kier alpha value is -3.21. The maximum Gasteiger partial charge on any atom is 0.417 e. The number of hydrogen-bond donors (Lipinski definition) is 1. The fraction of sp³-hybridized carbons (Fsp3) is 0.250. The lowest BCUT2D eigenvalue weighted by Crippen LogP contribution is -2.40. The number of Topliss-reactive ketones (excluding diaryl/α,β-unsaturated/α-hetero) is 1. The van der Waals surface area contributed by atoms with Gasteiger partial charge in [-0.15, -0.1) is 0 Å². The fourth-order valence-electron chi connectivity index (χ4n) is 2.56. The van der Waals surface area contributed by atoms with Crippen molar-refractivity contribution in [3.8, 4) is 6.07 Å². The topological polar surface area (TPSA) is 70.0 Å². The Bertz CT molecular complexity index is 931. The van der Waals surface area contributed by atoms with Gasteiger partial charge in [0.05, 0.1) is 22.8 Å². The number of amides is 1. The van der Waals surface area contributed by atoms with Crippen molar-refractivity contribution in [2.24, 2.45) is 5.92 Å². The number of alkyl halides is 3. The summed E-state index contributed by atoms with van der Waals surface area (Å²) in [4.78, 5) is 24.8. The summed E-state index contributed by atoms with van der Waals surface area (Å²) in [7, 11) is 0. The minimum Gasteiger partial charge on any atom is -0.349 e. The van der Waals surface area contributed by atoms with Crippen molar-refractivity contribution in [2.75, 3.05) is 0 Å². The molecule has 2 atom stereocenters. The van der Waals surface area contributed by atoms with E-state index in [9.17, 15) is 27.2 Å². The van der Waals surface area contributed by atoms with Crippen LogP contribution < -0.4 is 5.32 Å². The van der Waals surface area contributed by atoms with Gasteiger partial charge in [0, 0.05) is 17.5 Å². The van der Waals surface area contributed by atoms with Crippen molar-refractivity contribution in [1.82, 2.24) is 5.32 Å². The number of halogens is 4. The third-order valence-electron chi connectivity index (χ3n) is 4.35. The van der Waals surface area contributed by atoms with Crippen LogP contribution in [0.25, 0.3) is 0 Å². The molecule has 0 heterocycles. The van der Waals surface area contributed by atoms with Crippen molar-refractivity contribution in [3.05, 3.63) is 70.5 Å². The molecule has 0 fully saturated rings. The van der Waals surface area contributed by atoms with Crippen LogP contribution in [-0.4, -0.2) is 17.7 Å². The average molecular weight is 392 g/mol. The van der Waals surface area contributed by atoms with E-state index in [1.807, 2.05) is 6.07 Å². The quantitative estimate of drug-likeness (QED) is 0.607. The largest absolute Gasteiger partial charge is 0.417 e. The molecule has 0 bridgehead atoms. The summed E-state index contributed by atoms with van der Waals surface area (Å²) < 4.78 is 52.6. The van der Waals surface area contributed by atoms with E-state index in [1.165, 1.54) is 38.1 Å². The van der Waals surface area contributed by atoms with E-state index in [-0.39, 0.29) is 5.78 Å². The maximum atomic E-state index is 13.4. The van der Waals surface area contributed by atoms with Crippen LogP contribution in [0.4, 0.5) is 17.6 Å². The van der Waals surface area contributed by atoms with Gasteiger partial charge in [-0.2, -0.15) is 18.4 Å². The Morgan fingerprint density at radius 2 is 1.68 bits per heavy atom. The number of nitrogens with zero attached hydrogens (tertiary/aromatic N) is 1. The first-order valence-corrected chi connectivity index (χ1v) is 8.26. The summed E-state index contributed by atoms with van der Waals surface area (Å²) in [6.45, 7) is 2.98. The Labute approximate surface area is 158 Å². The first-order chi connectivity index (χ1) is 13.0. The minimum atomic E-state index is -4.83. The number of nitriles is 1. The van der Waals surface area contributed by atoms with Gasteiger partial charge in [0.1, 0.15) is 5.82 Å². The molecule has 1 N–H and O–H groups in total.